The Kier molecular flexibility index (Phi) is 2.29. The maximum Gasteiger partial charge on any atom is 0.128 e. The Morgan fingerprint density at radius 2 is 2.29 bits per heavy atom. The van der Waals surface area contributed by atoms with Crippen LogP contribution in [0.2, 0.25) is 0 Å². The average molecular weight is 193 g/mol. The van der Waals surface area contributed by atoms with Crippen LogP contribution in [0, 0.1) is 6.92 Å². The number of anilines is 2. The fourth-order valence-corrected chi connectivity index (χ4v) is 1.53. The number of aryl methyl sites for hydroxylation is 1. The van der Waals surface area contributed by atoms with Crippen molar-refractivity contribution in [3.8, 4) is 0 Å². The lowest BCUT2D eigenvalue weighted by molar-refractivity contribution is 0.0835. The van der Waals surface area contributed by atoms with E-state index in [9.17, 15) is 0 Å². The number of nitrogens with zero attached hydrogens (tertiary/aromatic N) is 1. The van der Waals surface area contributed by atoms with Gasteiger partial charge < -0.3 is 16.2 Å². The monoisotopic (exact) mass is 193 g/mol. The normalized spacial score (nSPS) is 25.6. The summed E-state index contributed by atoms with van der Waals surface area (Å²) in [7, 11) is 0. The van der Waals surface area contributed by atoms with Gasteiger partial charge in [-0.05, 0) is 25.3 Å². The number of pyridine rings is 1. The van der Waals surface area contributed by atoms with Gasteiger partial charge in [0, 0.05) is 24.0 Å². The fraction of sp³-hybridized carbons (Fsp3) is 0.500. The maximum atomic E-state index is 9.11. The fourth-order valence-electron chi connectivity index (χ4n) is 1.53. The molecule has 1 aromatic rings. The van der Waals surface area contributed by atoms with Crippen molar-refractivity contribution in [2.45, 2.75) is 31.9 Å². The third-order valence-electron chi connectivity index (χ3n) is 2.61. The molecule has 0 atom stereocenters. The summed E-state index contributed by atoms with van der Waals surface area (Å²) >= 11 is 0. The first-order valence-electron chi connectivity index (χ1n) is 4.82. The third kappa shape index (κ3) is 1.80. The molecule has 4 nitrogen and oxygen atoms in total. The topological polar surface area (TPSA) is 71.2 Å². The molecule has 1 saturated carbocycles. The number of aliphatic hydroxyl groups excluding tert-OH is 1. The van der Waals surface area contributed by atoms with Crippen LogP contribution in [0.15, 0.2) is 12.3 Å². The van der Waals surface area contributed by atoms with E-state index >= 15 is 0 Å². The Morgan fingerprint density at radius 3 is 2.86 bits per heavy atom. The highest BCUT2D eigenvalue weighted by Gasteiger charge is 2.27. The lowest BCUT2D eigenvalue weighted by Crippen LogP contribution is -2.39. The molecule has 0 amide bonds. The van der Waals surface area contributed by atoms with Gasteiger partial charge in [0.15, 0.2) is 0 Å². The van der Waals surface area contributed by atoms with Crippen LogP contribution in [-0.2, 0) is 0 Å². The van der Waals surface area contributed by atoms with Gasteiger partial charge in [-0.3, -0.25) is 0 Å². The SMILES string of the molecule is Cc1cnc(NC2CC(O)C2)cc1N. The summed E-state index contributed by atoms with van der Waals surface area (Å²) in [5.41, 5.74) is 7.50. The molecule has 2 rings (SSSR count). The van der Waals surface area contributed by atoms with Gasteiger partial charge in [-0.2, -0.15) is 0 Å². The minimum absolute atomic E-state index is 0.143. The van der Waals surface area contributed by atoms with E-state index < -0.39 is 0 Å². The summed E-state index contributed by atoms with van der Waals surface area (Å²) in [6.45, 7) is 1.93. The summed E-state index contributed by atoms with van der Waals surface area (Å²) in [6.07, 6.45) is 3.22. The van der Waals surface area contributed by atoms with Crippen LogP contribution in [0.3, 0.4) is 0 Å². The molecule has 0 aliphatic heterocycles. The zero-order valence-corrected chi connectivity index (χ0v) is 8.20. The van der Waals surface area contributed by atoms with Crippen molar-refractivity contribution in [2.24, 2.45) is 0 Å². The quantitative estimate of drug-likeness (QED) is 0.652. The number of nitrogen functional groups attached to an aromatic ring is 1. The maximum absolute atomic E-state index is 9.11. The van der Waals surface area contributed by atoms with Crippen LogP contribution in [0.25, 0.3) is 0 Å². The summed E-state index contributed by atoms with van der Waals surface area (Å²) in [6, 6.07) is 2.18. The van der Waals surface area contributed by atoms with Crippen LogP contribution in [0.1, 0.15) is 18.4 Å². The van der Waals surface area contributed by atoms with Crippen molar-refractivity contribution in [3.05, 3.63) is 17.8 Å². The molecule has 76 valence electrons. The first kappa shape index (κ1) is 9.27. The molecule has 4 N–H and O–H groups in total. The van der Waals surface area contributed by atoms with Crippen LogP contribution < -0.4 is 11.1 Å². The van der Waals surface area contributed by atoms with Gasteiger partial charge in [0.1, 0.15) is 5.82 Å². The number of hydrogen-bond donors (Lipinski definition) is 3. The van der Waals surface area contributed by atoms with Crippen molar-refractivity contribution in [2.75, 3.05) is 11.1 Å². The second-order valence-corrected chi connectivity index (χ2v) is 3.89. The Morgan fingerprint density at radius 1 is 1.57 bits per heavy atom. The molecule has 0 saturated heterocycles. The Hall–Kier alpha value is -1.29. The highest BCUT2D eigenvalue weighted by molar-refractivity contribution is 5.53. The van der Waals surface area contributed by atoms with E-state index in [1.165, 1.54) is 0 Å². The smallest absolute Gasteiger partial charge is 0.128 e. The second-order valence-electron chi connectivity index (χ2n) is 3.89. The van der Waals surface area contributed by atoms with Crippen molar-refractivity contribution >= 4 is 11.5 Å². The molecule has 4 heteroatoms. The van der Waals surface area contributed by atoms with E-state index in [1.807, 2.05) is 13.0 Å². The minimum Gasteiger partial charge on any atom is -0.398 e. The zero-order chi connectivity index (χ0) is 10.1. The Bertz CT molecular complexity index is 334. The molecule has 1 heterocycles. The lowest BCUT2D eigenvalue weighted by atomic mass is 9.89. The molecule has 1 aliphatic rings. The molecule has 0 bridgehead atoms. The number of aliphatic hydroxyl groups is 1. The number of nitrogens with two attached hydrogens (primary N) is 1. The Labute approximate surface area is 83.2 Å². The number of aromatic nitrogens is 1. The van der Waals surface area contributed by atoms with Gasteiger partial charge in [-0.15, -0.1) is 0 Å². The van der Waals surface area contributed by atoms with Crippen LogP contribution in [0.5, 0.6) is 0 Å². The van der Waals surface area contributed by atoms with Gasteiger partial charge in [-0.1, -0.05) is 0 Å². The zero-order valence-electron chi connectivity index (χ0n) is 8.20. The predicted molar refractivity (Wildman–Crippen MR) is 56.0 cm³/mol. The van der Waals surface area contributed by atoms with E-state index in [2.05, 4.69) is 10.3 Å². The molecule has 0 aromatic carbocycles. The largest absolute Gasteiger partial charge is 0.398 e. The van der Waals surface area contributed by atoms with E-state index in [-0.39, 0.29) is 6.10 Å². The van der Waals surface area contributed by atoms with E-state index in [1.54, 1.807) is 6.20 Å². The number of rotatable bonds is 2. The Balaban J connectivity index is 2.00. The molecule has 1 fully saturated rings. The number of hydrogen-bond acceptors (Lipinski definition) is 4. The molecular formula is C10H15N3O. The van der Waals surface area contributed by atoms with Crippen molar-refractivity contribution in [1.29, 1.82) is 0 Å². The molecule has 1 aromatic heterocycles. The predicted octanol–water partition coefficient (Wildman–Crippen LogP) is 0.907. The molecular weight excluding hydrogens is 178 g/mol. The van der Waals surface area contributed by atoms with Crippen molar-refractivity contribution in [1.82, 2.24) is 4.98 Å². The highest BCUT2D eigenvalue weighted by atomic mass is 16.3. The van der Waals surface area contributed by atoms with Crippen LogP contribution in [-0.4, -0.2) is 22.2 Å². The van der Waals surface area contributed by atoms with E-state index in [4.69, 9.17) is 10.8 Å². The second kappa shape index (κ2) is 3.46. The first-order valence-corrected chi connectivity index (χ1v) is 4.82. The molecule has 0 unspecified atom stereocenters. The van der Waals surface area contributed by atoms with Gasteiger partial charge in [0.25, 0.3) is 0 Å². The standard InChI is InChI=1S/C10H15N3O/c1-6-5-12-10(4-9(6)11)13-7-2-8(14)3-7/h4-5,7-8,14H,2-3H2,1H3,(H3,11,12,13). The lowest BCUT2D eigenvalue weighted by Gasteiger charge is -2.32. The summed E-state index contributed by atoms with van der Waals surface area (Å²) in [5, 5.41) is 12.3. The van der Waals surface area contributed by atoms with Crippen LogP contribution >= 0.6 is 0 Å². The first-order chi connectivity index (χ1) is 6.65. The van der Waals surface area contributed by atoms with Gasteiger partial charge in [-0.25, -0.2) is 4.98 Å². The summed E-state index contributed by atoms with van der Waals surface area (Å²) < 4.78 is 0. The van der Waals surface area contributed by atoms with Crippen LogP contribution in [0.4, 0.5) is 11.5 Å². The highest BCUT2D eigenvalue weighted by Crippen LogP contribution is 2.24. The third-order valence-corrected chi connectivity index (χ3v) is 2.61. The average Bonchev–Trinajstić information content (AvgIpc) is 2.09. The minimum atomic E-state index is -0.143. The molecule has 0 radical (unpaired) electrons. The number of nitrogens with one attached hydrogen (secondary N) is 1. The van der Waals surface area contributed by atoms with Gasteiger partial charge in [0.05, 0.1) is 6.10 Å². The molecule has 1 aliphatic carbocycles. The van der Waals surface area contributed by atoms with Crippen molar-refractivity contribution in [3.63, 3.8) is 0 Å². The van der Waals surface area contributed by atoms with Gasteiger partial charge >= 0.3 is 0 Å². The molecule has 0 spiro atoms. The van der Waals surface area contributed by atoms with Crippen molar-refractivity contribution < 1.29 is 5.11 Å². The van der Waals surface area contributed by atoms with E-state index in [0.717, 1.165) is 29.9 Å². The van der Waals surface area contributed by atoms with Gasteiger partial charge in [0.2, 0.25) is 0 Å². The van der Waals surface area contributed by atoms with E-state index in [0.29, 0.717) is 6.04 Å². The summed E-state index contributed by atoms with van der Waals surface area (Å²) in [5.74, 6) is 0.796. The summed E-state index contributed by atoms with van der Waals surface area (Å²) in [4.78, 5) is 4.21. The molecule has 14 heavy (non-hydrogen) atoms.